The molecule has 0 saturated carbocycles. The molecule has 0 spiro atoms. The number of rotatable bonds is 5. The fourth-order valence-electron chi connectivity index (χ4n) is 3.05. The first-order valence-electron chi connectivity index (χ1n) is 7.68. The van der Waals surface area contributed by atoms with Gasteiger partial charge in [-0.05, 0) is 37.2 Å². The molecule has 1 aromatic carbocycles. The van der Waals surface area contributed by atoms with E-state index in [1.54, 1.807) is 0 Å². The van der Waals surface area contributed by atoms with Gasteiger partial charge in [0.15, 0.2) is 0 Å². The molecule has 3 heteroatoms. The zero-order chi connectivity index (χ0) is 14.5. The van der Waals surface area contributed by atoms with Crippen LogP contribution in [0.3, 0.4) is 0 Å². The van der Waals surface area contributed by atoms with E-state index in [0.29, 0.717) is 12.0 Å². The van der Waals surface area contributed by atoms with Crippen molar-refractivity contribution in [3.05, 3.63) is 35.9 Å². The third kappa shape index (κ3) is 3.83. The first kappa shape index (κ1) is 15.0. The summed E-state index contributed by atoms with van der Waals surface area (Å²) in [6, 6.07) is 10.4. The van der Waals surface area contributed by atoms with Crippen molar-refractivity contribution < 1.29 is 4.79 Å². The van der Waals surface area contributed by atoms with E-state index in [4.69, 9.17) is 5.73 Å². The maximum Gasteiger partial charge on any atom is 0.239 e. The molecule has 1 aromatic rings. The van der Waals surface area contributed by atoms with Crippen LogP contribution in [0.1, 0.15) is 38.7 Å². The highest BCUT2D eigenvalue weighted by Gasteiger charge is 2.31. The molecule has 1 amide bonds. The number of nitrogens with zero attached hydrogens (tertiary/aromatic N) is 1. The molecular weight excluding hydrogens is 248 g/mol. The van der Waals surface area contributed by atoms with Gasteiger partial charge in [-0.3, -0.25) is 4.79 Å². The van der Waals surface area contributed by atoms with Gasteiger partial charge in [0.25, 0.3) is 0 Å². The summed E-state index contributed by atoms with van der Waals surface area (Å²) < 4.78 is 0. The van der Waals surface area contributed by atoms with Crippen LogP contribution in [0.25, 0.3) is 0 Å². The van der Waals surface area contributed by atoms with E-state index >= 15 is 0 Å². The van der Waals surface area contributed by atoms with Crippen LogP contribution < -0.4 is 5.73 Å². The molecule has 1 aliphatic rings. The van der Waals surface area contributed by atoms with Crippen LogP contribution in [-0.4, -0.2) is 29.4 Å². The van der Waals surface area contributed by atoms with Crippen LogP contribution in [0.2, 0.25) is 0 Å². The Bertz CT molecular complexity index is 430. The molecule has 2 N–H and O–H groups in total. The molecule has 1 unspecified atom stereocenters. The van der Waals surface area contributed by atoms with Crippen molar-refractivity contribution in [3.8, 4) is 0 Å². The van der Waals surface area contributed by atoms with E-state index in [2.05, 4.69) is 38.1 Å². The van der Waals surface area contributed by atoms with Gasteiger partial charge in [0.2, 0.25) is 5.91 Å². The number of likely N-dealkylation sites (tertiary alicyclic amines) is 1. The lowest BCUT2D eigenvalue weighted by Crippen LogP contribution is -2.47. The molecule has 2 rings (SSSR count). The monoisotopic (exact) mass is 274 g/mol. The molecule has 3 nitrogen and oxygen atoms in total. The molecule has 1 aliphatic heterocycles. The minimum Gasteiger partial charge on any atom is -0.338 e. The van der Waals surface area contributed by atoms with Crippen molar-refractivity contribution in [3.63, 3.8) is 0 Å². The van der Waals surface area contributed by atoms with Crippen molar-refractivity contribution >= 4 is 5.91 Å². The highest BCUT2D eigenvalue weighted by molar-refractivity contribution is 5.82. The zero-order valence-corrected chi connectivity index (χ0v) is 12.6. The first-order valence-corrected chi connectivity index (χ1v) is 7.68. The average Bonchev–Trinajstić information content (AvgIpc) is 2.86. The second kappa shape index (κ2) is 6.89. The quantitative estimate of drug-likeness (QED) is 0.897. The van der Waals surface area contributed by atoms with E-state index in [9.17, 15) is 4.79 Å². The summed E-state index contributed by atoms with van der Waals surface area (Å²) in [6.07, 6.45) is 3.90. The van der Waals surface area contributed by atoms with Gasteiger partial charge in [-0.2, -0.15) is 0 Å². The Kier molecular flexibility index (Phi) is 5.18. The standard InChI is InChI=1S/C17H26N2O/c1-13(2)11-16(18)17(20)19-10-6-9-15(19)12-14-7-4-3-5-8-14/h3-5,7-8,13,15-16H,6,9-12,18H2,1-2H3/t15?,16-/m0/s1. The van der Waals surface area contributed by atoms with Gasteiger partial charge >= 0.3 is 0 Å². The molecular formula is C17H26N2O. The molecule has 0 aromatic heterocycles. The van der Waals surface area contributed by atoms with Crippen molar-refractivity contribution in [2.24, 2.45) is 11.7 Å². The van der Waals surface area contributed by atoms with Crippen molar-refractivity contribution in [2.45, 2.75) is 51.6 Å². The van der Waals surface area contributed by atoms with Gasteiger partial charge in [0, 0.05) is 12.6 Å². The second-order valence-corrected chi connectivity index (χ2v) is 6.25. The summed E-state index contributed by atoms with van der Waals surface area (Å²) in [5.41, 5.74) is 7.36. The molecule has 0 bridgehead atoms. The molecule has 1 fully saturated rings. The SMILES string of the molecule is CC(C)C[C@H](N)C(=O)N1CCCC1Cc1ccccc1. The Balaban J connectivity index is 1.98. The Hall–Kier alpha value is -1.35. The lowest BCUT2D eigenvalue weighted by atomic mass is 10.0. The number of benzene rings is 1. The van der Waals surface area contributed by atoms with Gasteiger partial charge in [-0.15, -0.1) is 0 Å². The first-order chi connectivity index (χ1) is 9.58. The van der Waals surface area contributed by atoms with Gasteiger partial charge in [-0.1, -0.05) is 44.2 Å². The van der Waals surface area contributed by atoms with Gasteiger partial charge in [0.05, 0.1) is 6.04 Å². The second-order valence-electron chi connectivity index (χ2n) is 6.25. The predicted molar refractivity (Wildman–Crippen MR) is 82.3 cm³/mol. The predicted octanol–water partition coefficient (Wildman–Crippen LogP) is 2.59. The smallest absolute Gasteiger partial charge is 0.239 e. The van der Waals surface area contributed by atoms with E-state index in [-0.39, 0.29) is 11.9 Å². The summed E-state index contributed by atoms with van der Waals surface area (Å²) >= 11 is 0. The molecule has 1 heterocycles. The van der Waals surface area contributed by atoms with E-state index in [1.165, 1.54) is 5.56 Å². The molecule has 110 valence electrons. The van der Waals surface area contributed by atoms with Gasteiger partial charge < -0.3 is 10.6 Å². The van der Waals surface area contributed by atoms with Crippen molar-refractivity contribution in [1.29, 1.82) is 0 Å². The van der Waals surface area contributed by atoms with Crippen LogP contribution in [0.15, 0.2) is 30.3 Å². The van der Waals surface area contributed by atoms with E-state index in [0.717, 1.165) is 32.2 Å². The fraction of sp³-hybridized carbons (Fsp3) is 0.588. The van der Waals surface area contributed by atoms with Gasteiger partial charge in [0.1, 0.15) is 0 Å². The summed E-state index contributed by atoms with van der Waals surface area (Å²) in [7, 11) is 0. The topological polar surface area (TPSA) is 46.3 Å². The average molecular weight is 274 g/mol. The van der Waals surface area contributed by atoms with Gasteiger partial charge in [-0.25, -0.2) is 0 Å². The normalized spacial score (nSPS) is 20.4. The van der Waals surface area contributed by atoms with Crippen LogP contribution in [0.5, 0.6) is 0 Å². The van der Waals surface area contributed by atoms with Crippen LogP contribution in [-0.2, 0) is 11.2 Å². The Labute approximate surface area is 122 Å². The number of carbonyl (C=O) groups excluding carboxylic acids is 1. The molecule has 2 atom stereocenters. The van der Waals surface area contributed by atoms with Crippen LogP contribution >= 0.6 is 0 Å². The third-order valence-corrected chi connectivity index (χ3v) is 4.02. The van der Waals surface area contributed by atoms with E-state index < -0.39 is 0 Å². The fourth-order valence-corrected chi connectivity index (χ4v) is 3.05. The van der Waals surface area contributed by atoms with Crippen LogP contribution in [0.4, 0.5) is 0 Å². The Morgan fingerprint density at radius 2 is 2.05 bits per heavy atom. The Morgan fingerprint density at radius 3 is 2.70 bits per heavy atom. The summed E-state index contributed by atoms with van der Waals surface area (Å²) in [5.74, 6) is 0.598. The number of nitrogens with two attached hydrogens (primary N) is 1. The maximum absolute atomic E-state index is 12.5. The number of amides is 1. The van der Waals surface area contributed by atoms with Crippen molar-refractivity contribution in [1.82, 2.24) is 4.90 Å². The number of hydrogen-bond acceptors (Lipinski definition) is 2. The lowest BCUT2D eigenvalue weighted by molar-refractivity contribution is -0.133. The van der Waals surface area contributed by atoms with Crippen molar-refractivity contribution in [2.75, 3.05) is 6.54 Å². The highest BCUT2D eigenvalue weighted by atomic mass is 16.2. The molecule has 0 radical (unpaired) electrons. The third-order valence-electron chi connectivity index (χ3n) is 4.02. The maximum atomic E-state index is 12.5. The number of carbonyl (C=O) groups is 1. The minimum atomic E-state index is -0.341. The molecule has 1 saturated heterocycles. The number of hydrogen-bond donors (Lipinski definition) is 1. The summed E-state index contributed by atoms with van der Waals surface area (Å²) in [6.45, 7) is 5.08. The largest absolute Gasteiger partial charge is 0.338 e. The molecule has 20 heavy (non-hydrogen) atoms. The Morgan fingerprint density at radius 1 is 1.35 bits per heavy atom. The lowest BCUT2D eigenvalue weighted by Gasteiger charge is -2.28. The molecule has 0 aliphatic carbocycles. The minimum absolute atomic E-state index is 0.136. The highest BCUT2D eigenvalue weighted by Crippen LogP contribution is 2.22. The van der Waals surface area contributed by atoms with Crippen LogP contribution in [0, 0.1) is 5.92 Å². The summed E-state index contributed by atoms with van der Waals surface area (Å²) in [4.78, 5) is 14.5. The summed E-state index contributed by atoms with van der Waals surface area (Å²) in [5, 5.41) is 0. The zero-order valence-electron chi connectivity index (χ0n) is 12.6. The van der Waals surface area contributed by atoms with E-state index in [1.807, 2.05) is 11.0 Å².